The van der Waals surface area contributed by atoms with Gasteiger partial charge in [-0.2, -0.15) is 0 Å². The lowest BCUT2D eigenvalue weighted by molar-refractivity contribution is -0.181. The minimum absolute atomic E-state index is 0.104. The maximum Gasteiger partial charge on any atom is 0.175 e. The molecule has 27 heavy (non-hydrogen) atoms. The molecule has 0 aromatic rings. The van der Waals surface area contributed by atoms with E-state index in [2.05, 4.69) is 29.8 Å². The summed E-state index contributed by atoms with van der Waals surface area (Å²) in [6.07, 6.45) is 5.35. The first-order chi connectivity index (χ1) is 12.6. The molecular formula is C22H31BrO4. The molecule has 4 rings (SSSR count). The van der Waals surface area contributed by atoms with E-state index >= 15 is 0 Å². The van der Waals surface area contributed by atoms with Crippen LogP contribution < -0.4 is 0 Å². The van der Waals surface area contributed by atoms with Crippen molar-refractivity contribution in [3.8, 4) is 0 Å². The van der Waals surface area contributed by atoms with Crippen LogP contribution >= 0.6 is 15.9 Å². The highest BCUT2D eigenvalue weighted by Crippen LogP contribution is 2.68. The first-order valence-electron chi connectivity index (χ1n) is 10.3. The fraction of sp³-hybridized carbons (Fsp3) is 0.818. The van der Waals surface area contributed by atoms with E-state index in [1.807, 2.05) is 13.0 Å². The normalized spacial score (nSPS) is 51.9. The Balaban J connectivity index is 1.77. The number of rotatable bonds is 2. The first kappa shape index (κ1) is 19.8. The number of Topliss-reactive ketones (excluding diaryl/α,β-unsaturated/α-hetero) is 1. The average Bonchev–Trinajstić information content (AvgIpc) is 2.87. The summed E-state index contributed by atoms with van der Waals surface area (Å²) in [6.45, 7) is 6.45. The molecule has 0 spiro atoms. The van der Waals surface area contributed by atoms with Crippen LogP contribution in [0.1, 0.15) is 59.3 Å². The number of carbonyl (C=O) groups excluding carboxylic acids is 2. The Kier molecular flexibility index (Phi) is 4.57. The van der Waals surface area contributed by atoms with Gasteiger partial charge in [0.05, 0.1) is 11.4 Å². The van der Waals surface area contributed by atoms with Crippen LogP contribution in [0.2, 0.25) is 0 Å². The number of carbonyl (C=O) groups is 2. The molecule has 5 heteroatoms. The SMILES string of the molecule is C[C@H]1C[C@@H]2[C@H]([C@@H](O)C[C@@]3(C)[C@H]2CC[C@]3(O)C(=O)CBr)[C@@]2(C)CCC(=O)C=C12. The van der Waals surface area contributed by atoms with E-state index in [9.17, 15) is 19.8 Å². The van der Waals surface area contributed by atoms with Crippen LogP contribution in [0, 0.1) is 34.5 Å². The van der Waals surface area contributed by atoms with Gasteiger partial charge >= 0.3 is 0 Å². The summed E-state index contributed by atoms with van der Waals surface area (Å²) >= 11 is 3.24. The monoisotopic (exact) mass is 438 g/mol. The molecule has 0 unspecified atom stereocenters. The van der Waals surface area contributed by atoms with Gasteiger partial charge in [0.15, 0.2) is 11.6 Å². The Hall–Kier alpha value is -0.520. The Morgan fingerprint density at radius 1 is 1.33 bits per heavy atom. The summed E-state index contributed by atoms with van der Waals surface area (Å²) in [5, 5.41) is 22.8. The Bertz CT molecular complexity index is 717. The first-order valence-corrected chi connectivity index (χ1v) is 11.5. The quantitative estimate of drug-likeness (QED) is 0.647. The van der Waals surface area contributed by atoms with Crippen LogP contribution in [0.5, 0.6) is 0 Å². The lowest BCUT2D eigenvalue weighted by Gasteiger charge is -2.61. The van der Waals surface area contributed by atoms with Crippen molar-refractivity contribution >= 4 is 27.5 Å². The summed E-state index contributed by atoms with van der Waals surface area (Å²) in [4.78, 5) is 24.7. The third-order valence-corrected chi connectivity index (χ3v) is 9.46. The molecule has 2 N–H and O–H groups in total. The number of allylic oxidation sites excluding steroid dienone is 1. The number of halogens is 1. The Morgan fingerprint density at radius 3 is 2.70 bits per heavy atom. The summed E-state index contributed by atoms with van der Waals surface area (Å²) in [7, 11) is 0. The minimum atomic E-state index is -1.35. The molecular weight excluding hydrogens is 408 g/mol. The molecule has 3 saturated carbocycles. The molecule has 0 radical (unpaired) electrons. The van der Waals surface area contributed by atoms with Crippen molar-refractivity contribution < 1.29 is 19.8 Å². The molecule has 0 aliphatic heterocycles. The van der Waals surface area contributed by atoms with Crippen LogP contribution in [-0.4, -0.2) is 38.8 Å². The van der Waals surface area contributed by atoms with E-state index in [1.54, 1.807) is 0 Å². The van der Waals surface area contributed by atoms with E-state index in [4.69, 9.17) is 0 Å². The van der Waals surface area contributed by atoms with Gasteiger partial charge in [0.1, 0.15) is 5.60 Å². The van der Waals surface area contributed by atoms with Crippen LogP contribution in [-0.2, 0) is 9.59 Å². The number of fused-ring (bicyclic) bond motifs is 5. The van der Waals surface area contributed by atoms with E-state index < -0.39 is 17.1 Å². The zero-order chi connectivity index (χ0) is 19.8. The minimum Gasteiger partial charge on any atom is -0.393 e. The number of aliphatic hydroxyl groups is 2. The van der Waals surface area contributed by atoms with Gasteiger partial charge in [-0.25, -0.2) is 0 Å². The lowest BCUT2D eigenvalue weighted by Crippen LogP contribution is -2.62. The van der Waals surface area contributed by atoms with Crippen molar-refractivity contribution in [1.29, 1.82) is 0 Å². The van der Waals surface area contributed by atoms with Crippen molar-refractivity contribution in [3.63, 3.8) is 0 Å². The van der Waals surface area contributed by atoms with Crippen molar-refractivity contribution in [2.75, 3.05) is 5.33 Å². The highest BCUT2D eigenvalue weighted by atomic mass is 79.9. The summed E-state index contributed by atoms with van der Waals surface area (Å²) in [6, 6.07) is 0. The number of hydrogen-bond acceptors (Lipinski definition) is 4. The van der Waals surface area contributed by atoms with Crippen LogP contribution in [0.3, 0.4) is 0 Å². The van der Waals surface area contributed by atoms with Crippen LogP contribution in [0.4, 0.5) is 0 Å². The number of ketones is 2. The fourth-order valence-corrected chi connectivity index (χ4v) is 8.16. The predicted molar refractivity (Wildman–Crippen MR) is 106 cm³/mol. The molecule has 3 fully saturated rings. The predicted octanol–water partition coefficient (Wildman–Crippen LogP) is 3.43. The summed E-state index contributed by atoms with van der Waals surface area (Å²) in [5.41, 5.74) is -0.875. The van der Waals surface area contributed by atoms with Crippen LogP contribution in [0.15, 0.2) is 11.6 Å². The van der Waals surface area contributed by atoms with Gasteiger partial charge in [0, 0.05) is 11.8 Å². The molecule has 0 aromatic heterocycles. The molecule has 150 valence electrons. The number of alkyl halides is 1. The molecule has 8 atom stereocenters. The highest BCUT2D eigenvalue weighted by Gasteiger charge is 2.68. The van der Waals surface area contributed by atoms with Crippen molar-refractivity contribution in [2.24, 2.45) is 34.5 Å². The number of hydrogen-bond donors (Lipinski definition) is 2. The topological polar surface area (TPSA) is 74.6 Å². The lowest BCUT2D eigenvalue weighted by atomic mass is 9.44. The van der Waals surface area contributed by atoms with E-state index in [-0.39, 0.29) is 40.1 Å². The van der Waals surface area contributed by atoms with Crippen molar-refractivity contribution in [1.82, 2.24) is 0 Å². The fourth-order valence-electron chi connectivity index (χ4n) is 7.69. The molecule has 4 aliphatic rings. The summed E-state index contributed by atoms with van der Waals surface area (Å²) in [5.74, 6) is 0.972. The Morgan fingerprint density at radius 2 is 2.04 bits per heavy atom. The third-order valence-electron chi connectivity index (χ3n) is 8.95. The standard InChI is InChI=1S/C22H31BrO4/c1-12-8-14-15-5-7-22(27,18(26)11-23)21(15,3)10-17(25)19(14)20(2)6-4-13(24)9-16(12)20/h9,12,14-15,17,19,25,27H,4-8,10-11H2,1-3H3/t12-,14-,15-,17-,19+,20-,21-,22-/m0/s1. The van der Waals surface area contributed by atoms with Crippen LogP contribution in [0.25, 0.3) is 0 Å². The summed E-state index contributed by atoms with van der Waals surface area (Å²) < 4.78 is 0. The zero-order valence-corrected chi connectivity index (χ0v) is 18.1. The average molecular weight is 439 g/mol. The zero-order valence-electron chi connectivity index (χ0n) is 16.5. The van der Waals surface area contributed by atoms with Gasteiger partial charge in [-0.1, -0.05) is 42.3 Å². The van der Waals surface area contributed by atoms with E-state index in [0.717, 1.165) is 19.3 Å². The third kappa shape index (κ3) is 2.47. The van der Waals surface area contributed by atoms with Gasteiger partial charge in [0.2, 0.25) is 0 Å². The van der Waals surface area contributed by atoms with Gasteiger partial charge in [-0.05, 0) is 67.3 Å². The van der Waals surface area contributed by atoms with Gasteiger partial charge in [0.25, 0.3) is 0 Å². The van der Waals surface area contributed by atoms with Gasteiger partial charge in [-0.3, -0.25) is 9.59 Å². The van der Waals surface area contributed by atoms with Crippen molar-refractivity contribution in [2.45, 2.75) is 71.0 Å². The second-order valence-corrected chi connectivity index (χ2v) is 10.6. The van der Waals surface area contributed by atoms with Crippen molar-refractivity contribution in [3.05, 3.63) is 11.6 Å². The number of aliphatic hydroxyl groups excluding tert-OH is 1. The maximum atomic E-state index is 12.6. The second-order valence-electron chi connectivity index (χ2n) is 10.1. The molecule has 0 amide bonds. The molecule has 0 heterocycles. The van der Waals surface area contributed by atoms with Gasteiger partial charge < -0.3 is 10.2 Å². The van der Waals surface area contributed by atoms with E-state index in [1.165, 1.54) is 5.57 Å². The highest BCUT2D eigenvalue weighted by molar-refractivity contribution is 9.09. The largest absolute Gasteiger partial charge is 0.393 e. The molecule has 0 aromatic carbocycles. The molecule has 4 nitrogen and oxygen atoms in total. The molecule has 4 aliphatic carbocycles. The smallest absolute Gasteiger partial charge is 0.175 e. The van der Waals surface area contributed by atoms with Gasteiger partial charge in [-0.15, -0.1) is 0 Å². The second kappa shape index (κ2) is 6.24. The van der Waals surface area contributed by atoms with E-state index in [0.29, 0.717) is 25.2 Å². The molecule has 0 bridgehead atoms. The maximum absolute atomic E-state index is 12.6. The molecule has 0 saturated heterocycles. The Labute approximate surface area is 169 Å².